The van der Waals surface area contributed by atoms with Gasteiger partial charge in [0.05, 0.1) is 27.2 Å². The van der Waals surface area contributed by atoms with E-state index in [-0.39, 0.29) is 24.5 Å². The average Bonchev–Trinajstić information content (AvgIpc) is 2.30. The molecule has 0 spiro atoms. The number of hydrogen-bond acceptors (Lipinski definition) is 5. The molecule has 0 aliphatic rings. The molecule has 0 aliphatic heterocycles. The lowest BCUT2D eigenvalue weighted by Crippen LogP contribution is -2.05. The highest BCUT2D eigenvalue weighted by Crippen LogP contribution is 2.31. The highest BCUT2D eigenvalue weighted by atomic mass is 16.5. The molecule has 0 radical (unpaired) electrons. The Balaban J connectivity index is 3.06. The van der Waals surface area contributed by atoms with Crippen LogP contribution in [-0.4, -0.2) is 30.4 Å². The minimum absolute atomic E-state index is 0.0696. The van der Waals surface area contributed by atoms with Crippen molar-refractivity contribution < 1.29 is 24.5 Å². The number of esters is 1. The molecule has 88 valence electrons. The third kappa shape index (κ3) is 2.64. The maximum atomic E-state index is 11.1. The van der Waals surface area contributed by atoms with Crippen molar-refractivity contribution in [3.63, 3.8) is 0 Å². The number of aromatic hydroxyl groups is 1. The molecule has 0 amide bonds. The lowest BCUT2D eigenvalue weighted by atomic mass is 10.1. The summed E-state index contributed by atoms with van der Waals surface area (Å²) >= 11 is 0. The average molecular weight is 226 g/mol. The van der Waals surface area contributed by atoms with Crippen molar-refractivity contribution >= 4 is 5.97 Å². The fraction of sp³-hybridized carbons (Fsp3) is 0.364. The van der Waals surface area contributed by atoms with Gasteiger partial charge in [0.1, 0.15) is 0 Å². The van der Waals surface area contributed by atoms with Crippen molar-refractivity contribution in [2.75, 3.05) is 14.2 Å². The number of hydrogen-bond donors (Lipinski definition) is 2. The van der Waals surface area contributed by atoms with Crippen LogP contribution in [0.25, 0.3) is 0 Å². The number of carbonyl (C=O) groups is 1. The normalized spacial score (nSPS) is 9.94. The molecule has 0 atom stereocenters. The van der Waals surface area contributed by atoms with Crippen LogP contribution in [0, 0.1) is 0 Å². The number of methoxy groups -OCH3 is 2. The van der Waals surface area contributed by atoms with Crippen LogP contribution in [-0.2, 0) is 22.6 Å². The molecule has 5 heteroatoms. The number of carbonyl (C=O) groups excluding carboxylic acids is 1. The molecule has 5 nitrogen and oxygen atoms in total. The van der Waals surface area contributed by atoms with E-state index in [4.69, 9.17) is 9.84 Å². The van der Waals surface area contributed by atoms with Crippen molar-refractivity contribution in [3.05, 3.63) is 23.3 Å². The minimum atomic E-state index is -0.392. The van der Waals surface area contributed by atoms with Gasteiger partial charge < -0.3 is 19.7 Å². The van der Waals surface area contributed by atoms with Crippen molar-refractivity contribution in [2.24, 2.45) is 0 Å². The van der Waals surface area contributed by atoms with Crippen LogP contribution >= 0.6 is 0 Å². The topological polar surface area (TPSA) is 76.0 Å². The number of rotatable bonds is 4. The Labute approximate surface area is 93.2 Å². The van der Waals surface area contributed by atoms with E-state index in [9.17, 15) is 9.90 Å². The lowest BCUT2D eigenvalue weighted by Gasteiger charge is -2.10. The molecule has 1 aromatic rings. The van der Waals surface area contributed by atoms with Gasteiger partial charge in [-0.05, 0) is 17.7 Å². The number of ether oxygens (including phenoxy) is 2. The molecule has 0 heterocycles. The number of aliphatic hydroxyl groups excluding tert-OH is 1. The zero-order valence-corrected chi connectivity index (χ0v) is 9.19. The van der Waals surface area contributed by atoms with Gasteiger partial charge in [0, 0.05) is 5.56 Å². The largest absolute Gasteiger partial charge is 0.504 e. The molecular weight excluding hydrogens is 212 g/mol. The van der Waals surface area contributed by atoms with Crippen molar-refractivity contribution in [1.29, 1.82) is 0 Å². The third-order valence-electron chi connectivity index (χ3n) is 2.18. The van der Waals surface area contributed by atoms with Crippen molar-refractivity contribution in [1.82, 2.24) is 0 Å². The van der Waals surface area contributed by atoms with Crippen molar-refractivity contribution in [3.8, 4) is 11.5 Å². The highest BCUT2D eigenvalue weighted by Gasteiger charge is 2.12. The maximum absolute atomic E-state index is 11.1. The first kappa shape index (κ1) is 12.3. The molecule has 0 unspecified atom stereocenters. The van der Waals surface area contributed by atoms with Gasteiger partial charge >= 0.3 is 5.97 Å². The SMILES string of the molecule is COC(=O)Cc1cc(CO)c(O)c(OC)c1. The van der Waals surface area contributed by atoms with Gasteiger partial charge in [-0.3, -0.25) is 4.79 Å². The van der Waals surface area contributed by atoms with Crippen LogP contribution in [0.5, 0.6) is 11.5 Å². The molecule has 1 aromatic carbocycles. The fourth-order valence-corrected chi connectivity index (χ4v) is 1.35. The molecule has 0 bridgehead atoms. The van der Waals surface area contributed by atoms with Gasteiger partial charge in [-0.2, -0.15) is 0 Å². The quantitative estimate of drug-likeness (QED) is 0.735. The van der Waals surface area contributed by atoms with Crippen LogP contribution in [0.1, 0.15) is 11.1 Å². The van der Waals surface area contributed by atoms with Gasteiger partial charge in [0.2, 0.25) is 0 Å². The second-order valence-electron chi connectivity index (χ2n) is 3.22. The van der Waals surface area contributed by atoms with Crippen LogP contribution in [0.15, 0.2) is 12.1 Å². The van der Waals surface area contributed by atoms with Crippen LogP contribution in [0.2, 0.25) is 0 Å². The number of benzene rings is 1. The Morgan fingerprint density at radius 1 is 1.38 bits per heavy atom. The van der Waals surface area contributed by atoms with E-state index in [1.807, 2.05) is 0 Å². The summed E-state index contributed by atoms with van der Waals surface area (Å²) in [6, 6.07) is 3.07. The van der Waals surface area contributed by atoms with Gasteiger partial charge in [0.25, 0.3) is 0 Å². The van der Waals surface area contributed by atoms with E-state index in [1.54, 1.807) is 0 Å². The zero-order valence-electron chi connectivity index (χ0n) is 9.19. The van der Waals surface area contributed by atoms with E-state index in [0.717, 1.165) is 0 Å². The summed E-state index contributed by atoms with van der Waals surface area (Å²) in [5.41, 5.74) is 0.934. The monoisotopic (exact) mass is 226 g/mol. The predicted octanol–water partition coefficient (Wildman–Crippen LogP) is 0.609. The molecule has 0 fully saturated rings. The first-order chi connectivity index (χ1) is 7.62. The minimum Gasteiger partial charge on any atom is -0.504 e. The maximum Gasteiger partial charge on any atom is 0.309 e. The Morgan fingerprint density at radius 2 is 2.06 bits per heavy atom. The Kier molecular flexibility index (Phi) is 4.13. The van der Waals surface area contributed by atoms with Gasteiger partial charge in [0.15, 0.2) is 11.5 Å². The fourth-order valence-electron chi connectivity index (χ4n) is 1.35. The summed E-state index contributed by atoms with van der Waals surface area (Å²) < 4.78 is 9.46. The van der Waals surface area contributed by atoms with Gasteiger partial charge in [-0.25, -0.2) is 0 Å². The summed E-state index contributed by atoms with van der Waals surface area (Å²) in [6.07, 6.45) is 0.0696. The Hall–Kier alpha value is -1.75. The number of aliphatic hydroxyl groups is 1. The number of phenols is 1. The lowest BCUT2D eigenvalue weighted by molar-refractivity contribution is -0.139. The molecular formula is C11H14O5. The van der Waals surface area contributed by atoms with E-state index < -0.39 is 5.97 Å². The molecule has 2 N–H and O–H groups in total. The van der Waals surface area contributed by atoms with E-state index in [0.29, 0.717) is 11.1 Å². The first-order valence-corrected chi connectivity index (χ1v) is 4.68. The van der Waals surface area contributed by atoms with E-state index >= 15 is 0 Å². The summed E-state index contributed by atoms with van der Waals surface area (Å²) in [4.78, 5) is 11.1. The van der Waals surface area contributed by atoms with E-state index in [2.05, 4.69) is 4.74 Å². The zero-order chi connectivity index (χ0) is 12.1. The third-order valence-corrected chi connectivity index (χ3v) is 2.18. The second-order valence-corrected chi connectivity index (χ2v) is 3.22. The molecule has 0 aromatic heterocycles. The second kappa shape index (κ2) is 5.37. The Morgan fingerprint density at radius 3 is 2.56 bits per heavy atom. The van der Waals surface area contributed by atoms with Gasteiger partial charge in [-0.1, -0.05) is 0 Å². The smallest absolute Gasteiger partial charge is 0.309 e. The molecule has 0 aliphatic carbocycles. The van der Waals surface area contributed by atoms with Crippen molar-refractivity contribution in [2.45, 2.75) is 13.0 Å². The van der Waals surface area contributed by atoms with E-state index in [1.165, 1.54) is 26.4 Å². The molecule has 0 saturated carbocycles. The highest BCUT2D eigenvalue weighted by molar-refractivity contribution is 5.73. The van der Waals surface area contributed by atoms with Crippen LogP contribution in [0.3, 0.4) is 0 Å². The summed E-state index contributed by atoms with van der Waals surface area (Å²) in [6.45, 7) is -0.322. The standard InChI is InChI=1S/C11H14O5/c1-15-9-4-7(5-10(13)16-2)3-8(6-12)11(9)14/h3-4,12,14H,5-6H2,1-2H3. The Bertz CT molecular complexity index is 361. The van der Waals surface area contributed by atoms with Crippen LogP contribution < -0.4 is 4.74 Å². The van der Waals surface area contributed by atoms with Crippen LogP contribution in [0.4, 0.5) is 0 Å². The summed E-state index contributed by atoms with van der Waals surface area (Å²) in [5, 5.41) is 18.6. The predicted molar refractivity (Wildman–Crippen MR) is 56.3 cm³/mol. The molecule has 0 saturated heterocycles. The van der Waals surface area contributed by atoms with Gasteiger partial charge in [-0.15, -0.1) is 0 Å². The molecule has 1 rings (SSSR count). The molecule has 16 heavy (non-hydrogen) atoms. The first-order valence-electron chi connectivity index (χ1n) is 4.68. The summed E-state index contributed by atoms with van der Waals surface area (Å²) in [5.74, 6) is -0.277. The summed E-state index contributed by atoms with van der Waals surface area (Å²) in [7, 11) is 2.70.